The van der Waals surface area contributed by atoms with Crippen LogP contribution in [-0.2, 0) is 5.54 Å². The van der Waals surface area contributed by atoms with Gasteiger partial charge < -0.3 is 19.9 Å². The highest BCUT2D eigenvalue weighted by Gasteiger charge is 2.25. The normalized spacial score (nSPS) is 14.2. The van der Waals surface area contributed by atoms with Crippen molar-refractivity contribution in [3.05, 3.63) is 23.8 Å². The first-order valence-electron chi connectivity index (χ1n) is 5.69. The van der Waals surface area contributed by atoms with E-state index in [4.69, 9.17) is 9.47 Å². The van der Waals surface area contributed by atoms with E-state index < -0.39 is 5.54 Å². The molecule has 0 aliphatic carbocycles. The third-order valence-corrected chi connectivity index (χ3v) is 2.90. The van der Waals surface area contributed by atoms with Crippen LogP contribution in [0.5, 0.6) is 11.5 Å². The number of aliphatic hydroxyl groups excluding tert-OH is 1. The van der Waals surface area contributed by atoms with E-state index in [9.17, 15) is 5.11 Å². The quantitative estimate of drug-likeness (QED) is 0.790. The highest BCUT2D eigenvalue weighted by molar-refractivity contribution is 5.44. The van der Waals surface area contributed by atoms with Crippen molar-refractivity contribution in [2.45, 2.75) is 19.4 Å². The molecule has 96 valence electrons. The Kier molecular flexibility index (Phi) is 4.78. The minimum atomic E-state index is -0.464. The summed E-state index contributed by atoms with van der Waals surface area (Å²) in [5.41, 5.74) is 0.508. The van der Waals surface area contributed by atoms with Gasteiger partial charge in [-0.05, 0) is 31.2 Å². The van der Waals surface area contributed by atoms with E-state index in [2.05, 4.69) is 5.32 Å². The van der Waals surface area contributed by atoms with Crippen molar-refractivity contribution >= 4 is 0 Å². The fourth-order valence-corrected chi connectivity index (χ4v) is 1.82. The van der Waals surface area contributed by atoms with Gasteiger partial charge in [0.05, 0.1) is 26.4 Å². The molecule has 17 heavy (non-hydrogen) atoms. The van der Waals surface area contributed by atoms with E-state index in [0.29, 0.717) is 11.5 Å². The van der Waals surface area contributed by atoms with Crippen LogP contribution in [0, 0.1) is 0 Å². The second-order valence-corrected chi connectivity index (χ2v) is 4.09. The van der Waals surface area contributed by atoms with Crippen LogP contribution in [0.4, 0.5) is 0 Å². The van der Waals surface area contributed by atoms with Crippen LogP contribution < -0.4 is 14.8 Å². The lowest BCUT2D eigenvalue weighted by atomic mass is 9.92. The highest BCUT2D eigenvalue weighted by atomic mass is 16.5. The van der Waals surface area contributed by atoms with Crippen molar-refractivity contribution < 1.29 is 14.6 Å². The first-order chi connectivity index (χ1) is 8.11. The average molecular weight is 239 g/mol. The van der Waals surface area contributed by atoms with Crippen LogP contribution in [0.25, 0.3) is 0 Å². The summed E-state index contributed by atoms with van der Waals surface area (Å²) < 4.78 is 10.4. The standard InChI is InChI=1S/C13H21NO3/c1-5-14-13(2,9-15)10-6-7-11(16-3)12(8-10)17-4/h6-8,14-15H,5,9H2,1-4H3. The van der Waals surface area contributed by atoms with Gasteiger partial charge in [-0.2, -0.15) is 0 Å². The molecule has 1 atom stereocenters. The summed E-state index contributed by atoms with van der Waals surface area (Å²) in [4.78, 5) is 0. The molecule has 0 aliphatic heterocycles. The molecule has 0 amide bonds. The topological polar surface area (TPSA) is 50.7 Å². The lowest BCUT2D eigenvalue weighted by Crippen LogP contribution is -2.42. The molecule has 0 saturated carbocycles. The Morgan fingerprint density at radius 2 is 1.88 bits per heavy atom. The van der Waals surface area contributed by atoms with Crippen LogP contribution >= 0.6 is 0 Å². The SMILES string of the molecule is CCNC(C)(CO)c1ccc(OC)c(OC)c1. The van der Waals surface area contributed by atoms with Gasteiger partial charge in [-0.1, -0.05) is 13.0 Å². The Morgan fingerprint density at radius 3 is 2.35 bits per heavy atom. The molecule has 1 aromatic rings. The van der Waals surface area contributed by atoms with E-state index >= 15 is 0 Å². The van der Waals surface area contributed by atoms with Gasteiger partial charge in [0.2, 0.25) is 0 Å². The molecule has 0 heterocycles. The molecule has 0 bridgehead atoms. The molecular weight excluding hydrogens is 218 g/mol. The van der Waals surface area contributed by atoms with Crippen LogP contribution in [-0.4, -0.2) is 32.5 Å². The van der Waals surface area contributed by atoms with Crippen molar-refractivity contribution in [1.29, 1.82) is 0 Å². The largest absolute Gasteiger partial charge is 0.493 e. The molecule has 2 N–H and O–H groups in total. The Morgan fingerprint density at radius 1 is 1.24 bits per heavy atom. The number of hydrogen-bond acceptors (Lipinski definition) is 4. The predicted molar refractivity (Wildman–Crippen MR) is 67.7 cm³/mol. The number of nitrogens with one attached hydrogen (secondary N) is 1. The molecule has 0 fully saturated rings. The first kappa shape index (κ1) is 13.8. The van der Waals surface area contributed by atoms with Crippen LogP contribution in [0.1, 0.15) is 19.4 Å². The third kappa shape index (κ3) is 2.90. The van der Waals surface area contributed by atoms with E-state index in [1.165, 1.54) is 0 Å². The zero-order valence-electron chi connectivity index (χ0n) is 10.9. The maximum Gasteiger partial charge on any atom is 0.161 e. The van der Waals surface area contributed by atoms with Crippen molar-refractivity contribution in [3.8, 4) is 11.5 Å². The van der Waals surface area contributed by atoms with Gasteiger partial charge in [-0.25, -0.2) is 0 Å². The summed E-state index contributed by atoms with van der Waals surface area (Å²) >= 11 is 0. The van der Waals surface area contributed by atoms with Crippen molar-refractivity contribution in [1.82, 2.24) is 5.32 Å². The number of hydrogen-bond donors (Lipinski definition) is 2. The predicted octanol–water partition coefficient (Wildman–Crippen LogP) is 1.52. The summed E-state index contributed by atoms with van der Waals surface area (Å²) in [5.74, 6) is 1.36. The summed E-state index contributed by atoms with van der Waals surface area (Å²) in [6, 6.07) is 5.66. The molecule has 1 rings (SSSR count). The fourth-order valence-electron chi connectivity index (χ4n) is 1.82. The lowest BCUT2D eigenvalue weighted by molar-refractivity contribution is 0.177. The zero-order valence-corrected chi connectivity index (χ0v) is 10.9. The summed E-state index contributed by atoms with van der Waals surface area (Å²) in [7, 11) is 3.21. The lowest BCUT2D eigenvalue weighted by Gasteiger charge is -2.29. The molecule has 1 unspecified atom stereocenters. The average Bonchev–Trinajstić information content (AvgIpc) is 2.38. The van der Waals surface area contributed by atoms with Gasteiger partial charge in [0.15, 0.2) is 11.5 Å². The van der Waals surface area contributed by atoms with E-state index in [1.54, 1.807) is 14.2 Å². The van der Waals surface area contributed by atoms with Crippen LogP contribution in [0.15, 0.2) is 18.2 Å². The number of methoxy groups -OCH3 is 2. The molecule has 0 spiro atoms. The van der Waals surface area contributed by atoms with E-state index in [0.717, 1.165) is 12.1 Å². The summed E-state index contributed by atoms with van der Waals surface area (Å²) in [5, 5.41) is 12.8. The second-order valence-electron chi connectivity index (χ2n) is 4.09. The molecule has 4 heteroatoms. The molecular formula is C13H21NO3. The second kappa shape index (κ2) is 5.89. The molecule has 0 aromatic heterocycles. The number of ether oxygens (including phenoxy) is 2. The number of rotatable bonds is 6. The highest BCUT2D eigenvalue weighted by Crippen LogP contribution is 2.31. The van der Waals surface area contributed by atoms with Crippen LogP contribution in [0.2, 0.25) is 0 Å². The number of benzene rings is 1. The minimum absolute atomic E-state index is 0.0241. The molecule has 1 aromatic carbocycles. The minimum Gasteiger partial charge on any atom is -0.493 e. The maximum absolute atomic E-state index is 9.53. The van der Waals surface area contributed by atoms with Gasteiger partial charge in [0.1, 0.15) is 0 Å². The van der Waals surface area contributed by atoms with Gasteiger partial charge >= 0.3 is 0 Å². The first-order valence-corrected chi connectivity index (χ1v) is 5.69. The van der Waals surface area contributed by atoms with Crippen molar-refractivity contribution in [2.24, 2.45) is 0 Å². The van der Waals surface area contributed by atoms with Crippen molar-refractivity contribution in [2.75, 3.05) is 27.4 Å². The Bertz CT molecular complexity index is 368. The molecule has 0 aliphatic rings. The van der Waals surface area contributed by atoms with E-state index in [-0.39, 0.29) is 6.61 Å². The Balaban J connectivity index is 3.13. The number of aliphatic hydroxyl groups is 1. The van der Waals surface area contributed by atoms with Gasteiger partial charge in [0.25, 0.3) is 0 Å². The molecule has 0 saturated heterocycles. The Labute approximate surface area is 103 Å². The zero-order chi connectivity index (χ0) is 12.9. The molecule has 0 radical (unpaired) electrons. The maximum atomic E-state index is 9.53. The van der Waals surface area contributed by atoms with Gasteiger partial charge in [-0.15, -0.1) is 0 Å². The van der Waals surface area contributed by atoms with Gasteiger partial charge in [-0.3, -0.25) is 0 Å². The molecule has 4 nitrogen and oxygen atoms in total. The number of likely N-dealkylation sites (N-methyl/N-ethyl adjacent to an activating group) is 1. The van der Waals surface area contributed by atoms with E-state index in [1.807, 2.05) is 32.0 Å². The summed E-state index contributed by atoms with van der Waals surface area (Å²) in [6.45, 7) is 4.77. The smallest absolute Gasteiger partial charge is 0.161 e. The fraction of sp³-hybridized carbons (Fsp3) is 0.538. The van der Waals surface area contributed by atoms with Crippen molar-refractivity contribution in [3.63, 3.8) is 0 Å². The third-order valence-electron chi connectivity index (χ3n) is 2.90. The summed E-state index contributed by atoms with van der Waals surface area (Å²) in [6.07, 6.45) is 0. The van der Waals surface area contributed by atoms with Crippen LogP contribution in [0.3, 0.4) is 0 Å². The Hall–Kier alpha value is -1.26. The monoisotopic (exact) mass is 239 g/mol. The van der Waals surface area contributed by atoms with Gasteiger partial charge in [0, 0.05) is 0 Å².